The summed E-state index contributed by atoms with van der Waals surface area (Å²) in [4.78, 5) is 10.5. The van der Waals surface area contributed by atoms with Gasteiger partial charge in [0.05, 0.1) is 11.4 Å². The Labute approximate surface area is 314 Å². The predicted molar refractivity (Wildman–Crippen MR) is 227 cm³/mol. The zero-order valence-electron chi connectivity index (χ0n) is 29.5. The number of hydrogen-bond donors (Lipinski definition) is 0. The summed E-state index contributed by atoms with van der Waals surface area (Å²) >= 11 is 0. The first-order chi connectivity index (χ1) is 26.8. The van der Waals surface area contributed by atoms with Crippen molar-refractivity contribution in [3.63, 3.8) is 0 Å². The van der Waals surface area contributed by atoms with Crippen molar-refractivity contribution in [2.75, 3.05) is 0 Å². The zero-order chi connectivity index (χ0) is 35.8. The lowest BCUT2D eigenvalue weighted by molar-refractivity contribution is 1.18. The molecule has 1 heterocycles. The van der Waals surface area contributed by atoms with Crippen molar-refractivity contribution in [3.05, 3.63) is 206 Å². The lowest BCUT2D eigenvalue weighted by atomic mass is 9.85. The van der Waals surface area contributed by atoms with E-state index in [1.807, 2.05) is 6.07 Å². The first-order valence-electron chi connectivity index (χ1n) is 18.4. The maximum absolute atomic E-state index is 5.26. The Kier molecular flexibility index (Phi) is 7.85. The highest BCUT2D eigenvalue weighted by molar-refractivity contribution is 6.21. The quantitative estimate of drug-likeness (QED) is 0.163. The van der Waals surface area contributed by atoms with Crippen LogP contribution in [0.15, 0.2) is 206 Å². The van der Waals surface area contributed by atoms with E-state index >= 15 is 0 Å². The summed E-state index contributed by atoms with van der Waals surface area (Å²) in [6.45, 7) is 0. The molecule has 0 unspecified atom stereocenters. The second kappa shape index (κ2) is 13.4. The van der Waals surface area contributed by atoms with E-state index in [-0.39, 0.29) is 0 Å². The first kappa shape index (κ1) is 31.6. The van der Waals surface area contributed by atoms with Gasteiger partial charge in [-0.15, -0.1) is 0 Å². The van der Waals surface area contributed by atoms with Gasteiger partial charge in [-0.3, -0.25) is 0 Å². The second-order valence-electron chi connectivity index (χ2n) is 13.8. The molecule has 0 saturated carbocycles. The Morgan fingerprint density at radius 3 is 1.33 bits per heavy atom. The van der Waals surface area contributed by atoms with Crippen molar-refractivity contribution in [3.8, 4) is 67.3 Å². The van der Waals surface area contributed by atoms with Crippen LogP contribution in [-0.4, -0.2) is 9.97 Å². The number of hydrogen-bond acceptors (Lipinski definition) is 2. The molecule has 0 aliphatic heterocycles. The van der Waals surface area contributed by atoms with Gasteiger partial charge in [0.1, 0.15) is 0 Å². The molecule has 0 saturated heterocycles. The lowest BCUT2D eigenvalue weighted by Crippen LogP contribution is -1.97. The monoisotopic (exact) mass is 686 g/mol. The van der Waals surface area contributed by atoms with Crippen LogP contribution in [0.25, 0.3) is 99.6 Å². The van der Waals surface area contributed by atoms with Gasteiger partial charge in [-0.1, -0.05) is 182 Å². The fourth-order valence-corrected chi connectivity index (χ4v) is 7.88. The van der Waals surface area contributed by atoms with Gasteiger partial charge in [0.25, 0.3) is 0 Å². The van der Waals surface area contributed by atoms with Gasteiger partial charge in [0.15, 0.2) is 5.82 Å². The molecule has 0 N–H and O–H groups in total. The third-order valence-corrected chi connectivity index (χ3v) is 10.4. The van der Waals surface area contributed by atoms with E-state index in [0.717, 1.165) is 39.2 Å². The maximum Gasteiger partial charge on any atom is 0.160 e. The van der Waals surface area contributed by atoms with Crippen LogP contribution < -0.4 is 0 Å². The topological polar surface area (TPSA) is 25.8 Å². The number of rotatable bonds is 6. The van der Waals surface area contributed by atoms with Gasteiger partial charge >= 0.3 is 0 Å². The van der Waals surface area contributed by atoms with Crippen molar-refractivity contribution in [1.29, 1.82) is 0 Å². The SMILES string of the molecule is c1ccc(-c2cccc(-c3cc(-c4ccccc4)nc(-c4cccc(-c5c6ccccc6c(-c6ccc7ccccc7c6)c6ccccc56)c4)n3)c2)cc1. The molecule has 2 heteroatoms. The van der Waals surface area contributed by atoms with Crippen LogP contribution in [0.2, 0.25) is 0 Å². The third-order valence-electron chi connectivity index (χ3n) is 10.4. The molecule has 0 bridgehead atoms. The minimum Gasteiger partial charge on any atom is -0.228 e. The second-order valence-corrected chi connectivity index (χ2v) is 13.8. The molecule has 0 atom stereocenters. The van der Waals surface area contributed by atoms with E-state index in [1.54, 1.807) is 0 Å². The van der Waals surface area contributed by atoms with Gasteiger partial charge in [-0.25, -0.2) is 9.97 Å². The van der Waals surface area contributed by atoms with E-state index < -0.39 is 0 Å². The van der Waals surface area contributed by atoms with Crippen LogP contribution >= 0.6 is 0 Å². The molecule has 0 aliphatic rings. The first-order valence-corrected chi connectivity index (χ1v) is 18.4. The largest absolute Gasteiger partial charge is 0.228 e. The molecule has 9 aromatic carbocycles. The molecule has 0 fully saturated rings. The number of nitrogens with zero attached hydrogens (tertiary/aromatic N) is 2. The molecular weight excluding hydrogens is 653 g/mol. The maximum atomic E-state index is 5.26. The summed E-state index contributed by atoms with van der Waals surface area (Å²) in [6, 6.07) is 73.5. The summed E-state index contributed by atoms with van der Waals surface area (Å²) in [5.41, 5.74) is 12.0. The minimum atomic E-state index is 0.694. The minimum absolute atomic E-state index is 0.694. The van der Waals surface area contributed by atoms with Crippen molar-refractivity contribution in [2.45, 2.75) is 0 Å². The van der Waals surface area contributed by atoms with Crippen LogP contribution in [0, 0.1) is 0 Å². The third kappa shape index (κ3) is 5.71. The van der Waals surface area contributed by atoms with Crippen molar-refractivity contribution < 1.29 is 0 Å². The van der Waals surface area contributed by atoms with Gasteiger partial charge < -0.3 is 0 Å². The summed E-state index contributed by atoms with van der Waals surface area (Å²) in [5.74, 6) is 0.694. The molecule has 1 aromatic heterocycles. The van der Waals surface area contributed by atoms with Crippen LogP contribution in [0.3, 0.4) is 0 Å². The molecule has 252 valence electrons. The molecule has 0 spiro atoms. The Hall–Kier alpha value is -7.16. The highest BCUT2D eigenvalue weighted by atomic mass is 14.9. The van der Waals surface area contributed by atoms with Crippen LogP contribution in [0.1, 0.15) is 0 Å². The molecule has 2 nitrogen and oxygen atoms in total. The van der Waals surface area contributed by atoms with E-state index in [1.165, 1.54) is 54.6 Å². The smallest absolute Gasteiger partial charge is 0.160 e. The fourth-order valence-electron chi connectivity index (χ4n) is 7.88. The van der Waals surface area contributed by atoms with Crippen molar-refractivity contribution in [1.82, 2.24) is 9.97 Å². The Morgan fingerprint density at radius 1 is 0.241 bits per heavy atom. The number of benzene rings is 9. The van der Waals surface area contributed by atoms with Crippen LogP contribution in [0.5, 0.6) is 0 Å². The van der Waals surface area contributed by atoms with Gasteiger partial charge in [-0.05, 0) is 90.0 Å². The van der Waals surface area contributed by atoms with Crippen molar-refractivity contribution >= 4 is 32.3 Å². The summed E-state index contributed by atoms with van der Waals surface area (Å²) in [7, 11) is 0. The summed E-state index contributed by atoms with van der Waals surface area (Å²) < 4.78 is 0. The Morgan fingerprint density at radius 2 is 0.685 bits per heavy atom. The summed E-state index contributed by atoms with van der Waals surface area (Å²) in [5, 5.41) is 7.38. The highest BCUT2D eigenvalue weighted by Crippen LogP contribution is 2.44. The standard InChI is InChI=1S/C52H34N2/c1-3-15-35(16-4-1)39-21-13-22-40(31-39)49-34-48(37-18-5-2-6-19-37)53-52(54-49)43-24-14-23-41(33-43)50-44-25-9-11-27-46(44)51(47-28-12-10-26-45(47)50)42-30-29-36-17-7-8-20-38(36)32-42/h1-34H. The van der Waals surface area contributed by atoms with E-state index in [0.29, 0.717) is 5.82 Å². The van der Waals surface area contributed by atoms with E-state index in [4.69, 9.17) is 9.97 Å². The lowest BCUT2D eigenvalue weighted by Gasteiger charge is -2.18. The van der Waals surface area contributed by atoms with Crippen molar-refractivity contribution in [2.24, 2.45) is 0 Å². The zero-order valence-corrected chi connectivity index (χ0v) is 29.5. The van der Waals surface area contributed by atoms with Crippen LogP contribution in [0.4, 0.5) is 0 Å². The molecule has 0 amide bonds. The number of fused-ring (bicyclic) bond motifs is 3. The van der Waals surface area contributed by atoms with Crippen LogP contribution in [-0.2, 0) is 0 Å². The molecule has 0 aliphatic carbocycles. The average molecular weight is 687 g/mol. The molecule has 0 radical (unpaired) electrons. The molecule has 10 rings (SSSR count). The van der Waals surface area contributed by atoms with Gasteiger partial charge in [-0.2, -0.15) is 0 Å². The predicted octanol–water partition coefficient (Wildman–Crippen LogP) is 13.9. The van der Waals surface area contributed by atoms with Gasteiger partial charge in [0.2, 0.25) is 0 Å². The summed E-state index contributed by atoms with van der Waals surface area (Å²) in [6.07, 6.45) is 0. The van der Waals surface area contributed by atoms with E-state index in [9.17, 15) is 0 Å². The normalized spacial score (nSPS) is 11.3. The fraction of sp³-hybridized carbons (Fsp3) is 0. The average Bonchev–Trinajstić information content (AvgIpc) is 3.26. The van der Waals surface area contributed by atoms with Gasteiger partial charge in [0, 0.05) is 16.7 Å². The van der Waals surface area contributed by atoms with E-state index in [2.05, 4.69) is 200 Å². The molecule has 54 heavy (non-hydrogen) atoms. The highest BCUT2D eigenvalue weighted by Gasteiger charge is 2.18. The Balaban J connectivity index is 1.16. The molecular formula is C52H34N2. The number of aromatic nitrogens is 2. The molecule has 10 aromatic rings. The Bertz CT molecular complexity index is 2930.